The van der Waals surface area contributed by atoms with Crippen LogP contribution in [0.15, 0.2) is 24.3 Å². The van der Waals surface area contributed by atoms with Crippen molar-refractivity contribution < 1.29 is 14.3 Å². The summed E-state index contributed by atoms with van der Waals surface area (Å²) < 4.78 is 5.45. The molecule has 0 saturated carbocycles. The Balaban J connectivity index is 1.88. The van der Waals surface area contributed by atoms with Crippen LogP contribution in [0.4, 0.5) is 0 Å². The summed E-state index contributed by atoms with van der Waals surface area (Å²) in [6.07, 6.45) is 0.281. The molecule has 1 aromatic carbocycles. The third kappa shape index (κ3) is 2.91. The largest absolute Gasteiger partial charge is 0.492 e. The van der Waals surface area contributed by atoms with Crippen LogP contribution in [0.3, 0.4) is 0 Å². The summed E-state index contributed by atoms with van der Waals surface area (Å²) in [4.78, 5) is 24.4. The Kier molecular flexibility index (Phi) is 3.81. The highest BCUT2D eigenvalue weighted by Gasteiger charge is 2.35. The number of rotatable bonds is 4. The Morgan fingerprint density at radius 1 is 1.47 bits per heavy atom. The minimum absolute atomic E-state index is 0.139. The highest BCUT2D eigenvalue weighted by Crippen LogP contribution is 2.18. The lowest BCUT2D eigenvalue weighted by Gasteiger charge is -2.14. The van der Waals surface area contributed by atoms with Crippen molar-refractivity contribution in [1.29, 1.82) is 5.26 Å². The molecule has 0 unspecified atom stereocenters. The van der Waals surface area contributed by atoms with Crippen molar-refractivity contribution in [3.8, 4) is 11.8 Å². The lowest BCUT2D eigenvalue weighted by Crippen LogP contribution is -2.34. The summed E-state index contributed by atoms with van der Waals surface area (Å²) in [5, 5.41) is 8.76. The number of hydrogen-bond acceptors (Lipinski definition) is 4. The number of ether oxygens (including phenoxy) is 1. The van der Waals surface area contributed by atoms with Gasteiger partial charge in [-0.25, -0.2) is 0 Å². The van der Waals surface area contributed by atoms with E-state index in [1.165, 1.54) is 4.90 Å². The zero-order valence-corrected chi connectivity index (χ0v) is 10.6. The number of imide groups is 1. The Morgan fingerprint density at radius 3 is 2.89 bits per heavy atom. The van der Waals surface area contributed by atoms with Gasteiger partial charge in [-0.3, -0.25) is 14.5 Å². The van der Waals surface area contributed by atoms with Gasteiger partial charge in [0.1, 0.15) is 12.4 Å². The van der Waals surface area contributed by atoms with E-state index in [0.717, 1.165) is 0 Å². The molecule has 0 aromatic heterocycles. The monoisotopic (exact) mass is 258 g/mol. The summed E-state index contributed by atoms with van der Waals surface area (Å²) in [5.41, 5.74) is 0.513. The maximum Gasteiger partial charge on any atom is 0.232 e. The number of hydrogen-bond donors (Lipinski definition) is 0. The van der Waals surface area contributed by atoms with Crippen molar-refractivity contribution in [3.05, 3.63) is 29.8 Å². The first-order chi connectivity index (χ1) is 9.11. The van der Waals surface area contributed by atoms with Gasteiger partial charge in [-0.05, 0) is 18.2 Å². The SMILES string of the molecule is C[C@H]1CC(=O)N(CCOc2cccc(C#N)c2)C1=O. The molecule has 1 aromatic rings. The number of carbonyl (C=O) groups is 2. The summed E-state index contributed by atoms with van der Waals surface area (Å²) in [6.45, 7) is 2.23. The number of benzene rings is 1. The molecular formula is C14H14N2O3. The van der Waals surface area contributed by atoms with Crippen molar-refractivity contribution in [2.24, 2.45) is 5.92 Å². The van der Waals surface area contributed by atoms with E-state index in [1.54, 1.807) is 31.2 Å². The van der Waals surface area contributed by atoms with Crippen LogP contribution in [0, 0.1) is 17.2 Å². The number of nitriles is 1. The molecule has 5 heteroatoms. The standard InChI is InChI=1S/C14H14N2O3/c1-10-7-13(17)16(14(10)18)5-6-19-12-4-2-3-11(8-12)9-15/h2-4,8,10H,5-7H2,1H3/t10-/m0/s1. The van der Waals surface area contributed by atoms with Gasteiger partial charge >= 0.3 is 0 Å². The average molecular weight is 258 g/mol. The normalized spacial score (nSPS) is 18.5. The van der Waals surface area contributed by atoms with Crippen molar-refractivity contribution in [3.63, 3.8) is 0 Å². The summed E-state index contributed by atoms with van der Waals surface area (Å²) in [5.74, 6) is 0.0480. The highest BCUT2D eigenvalue weighted by atomic mass is 16.5. The molecule has 2 amide bonds. The lowest BCUT2D eigenvalue weighted by molar-refractivity contribution is -0.139. The maximum atomic E-state index is 11.7. The van der Waals surface area contributed by atoms with Crippen molar-refractivity contribution in [2.75, 3.05) is 13.2 Å². The second kappa shape index (κ2) is 5.53. The van der Waals surface area contributed by atoms with Crippen LogP contribution in [0.2, 0.25) is 0 Å². The third-order valence-electron chi connectivity index (χ3n) is 3.02. The number of amides is 2. The van der Waals surface area contributed by atoms with Gasteiger partial charge in [0.05, 0.1) is 18.2 Å². The second-order valence-corrected chi connectivity index (χ2v) is 4.48. The molecule has 2 rings (SSSR count). The van der Waals surface area contributed by atoms with Crippen LogP contribution in [-0.2, 0) is 9.59 Å². The number of carbonyl (C=O) groups excluding carboxylic acids is 2. The lowest BCUT2D eigenvalue weighted by atomic mass is 10.1. The Bertz CT molecular complexity index is 548. The third-order valence-corrected chi connectivity index (χ3v) is 3.02. The first-order valence-electron chi connectivity index (χ1n) is 6.09. The van der Waals surface area contributed by atoms with Gasteiger partial charge in [0, 0.05) is 12.3 Å². The number of likely N-dealkylation sites (tertiary alicyclic amines) is 1. The molecule has 19 heavy (non-hydrogen) atoms. The van der Waals surface area contributed by atoms with E-state index in [1.807, 2.05) is 6.07 Å². The Hall–Kier alpha value is -2.35. The van der Waals surface area contributed by atoms with E-state index in [9.17, 15) is 9.59 Å². The van der Waals surface area contributed by atoms with Gasteiger partial charge < -0.3 is 4.74 Å². The molecule has 1 aliphatic rings. The van der Waals surface area contributed by atoms with Crippen molar-refractivity contribution in [1.82, 2.24) is 4.90 Å². The fourth-order valence-corrected chi connectivity index (χ4v) is 1.99. The molecule has 0 bridgehead atoms. The molecular weight excluding hydrogens is 244 g/mol. The van der Waals surface area contributed by atoms with Gasteiger partial charge in [0.15, 0.2) is 0 Å². The zero-order chi connectivity index (χ0) is 13.8. The molecule has 98 valence electrons. The molecule has 1 fully saturated rings. The van der Waals surface area contributed by atoms with Gasteiger partial charge in [0.25, 0.3) is 0 Å². The van der Waals surface area contributed by atoms with Gasteiger partial charge in [-0.15, -0.1) is 0 Å². The Morgan fingerprint density at radius 2 is 2.26 bits per heavy atom. The first-order valence-corrected chi connectivity index (χ1v) is 6.09. The molecule has 0 radical (unpaired) electrons. The number of nitrogens with zero attached hydrogens (tertiary/aromatic N) is 2. The molecule has 0 N–H and O–H groups in total. The fourth-order valence-electron chi connectivity index (χ4n) is 1.99. The molecule has 0 spiro atoms. The summed E-state index contributed by atoms with van der Waals surface area (Å²) >= 11 is 0. The van der Waals surface area contributed by atoms with Gasteiger partial charge in [-0.1, -0.05) is 13.0 Å². The first kappa shape index (κ1) is 13.1. The molecule has 1 saturated heterocycles. The van der Waals surface area contributed by atoms with E-state index in [2.05, 4.69) is 0 Å². The van der Waals surface area contributed by atoms with E-state index >= 15 is 0 Å². The van der Waals surface area contributed by atoms with E-state index in [4.69, 9.17) is 10.00 Å². The van der Waals surface area contributed by atoms with Crippen LogP contribution in [0.25, 0.3) is 0 Å². The van der Waals surface area contributed by atoms with Crippen LogP contribution < -0.4 is 4.74 Å². The maximum absolute atomic E-state index is 11.7. The van der Waals surface area contributed by atoms with E-state index in [0.29, 0.717) is 11.3 Å². The molecule has 1 aliphatic heterocycles. The predicted octanol–water partition coefficient (Wildman–Crippen LogP) is 1.33. The summed E-state index contributed by atoms with van der Waals surface area (Å²) in [7, 11) is 0. The smallest absolute Gasteiger partial charge is 0.232 e. The molecule has 1 atom stereocenters. The second-order valence-electron chi connectivity index (χ2n) is 4.48. The van der Waals surface area contributed by atoms with E-state index in [-0.39, 0.29) is 37.3 Å². The summed E-state index contributed by atoms with van der Waals surface area (Å²) in [6, 6.07) is 8.78. The van der Waals surface area contributed by atoms with E-state index < -0.39 is 0 Å². The van der Waals surface area contributed by atoms with Crippen LogP contribution in [0.5, 0.6) is 5.75 Å². The molecule has 5 nitrogen and oxygen atoms in total. The zero-order valence-electron chi connectivity index (χ0n) is 10.6. The Labute approximate surface area is 111 Å². The van der Waals surface area contributed by atoms with Gasteiger partial charge in [0.2, 0.25) is 11.8 Å². The fraction of sp³-hybridized carbons (Fsp3) is 0.357. The highest BCUT2D eigenvalue weighted by molar-refractivity contribution is 6.03. The average Bonchev–Trinajstić information content (AvgIpc) is 2.65. The van der Waals surface area contributed by atoms with Gasteiger partial charge in [-0.2, -0.15) is 5.26 Å². The minimum Gasteiger partial charge on any atom is -0.492 e. The predicted molar refractivity (Wildman–Crippen MR) is 67.2 cm³/mol. The van der Waals surface area contributed by atoms with Crippen LogP contribution in [0.1, 0.15) is 18.9 Å². The van der Waals surface area contributed by atoms with Crippen molar-refractivity contribution in [2.45, 2.75) is 13.3 Å². The van der Waals surface area contributed by atoms with Crippen LogP contribution in [-0.4, -0.2) is 29.9 Å². The van der Waals surface area contributed by atoms with Crippen molar-refractivity contribution >= 4 is 11.8 Å². The quantitative estimate of drug-likeness (QED) is 0.764. The molecule has 1 heterocycles. The topological polar surface area (TPSA) is 70.4 Å². The minimum atomic E-state index is -0.227. The molecule has 0 aliphatic carbocycles. The van der Waals surface area contributed by atoms with Crippen LogP contribution >= 0.6 is 0 Å².